The number of nitrogens with one attached hydrogen (secondary N) is 1. The van der Waals surface area contributed by atoms with Crippen LogP contribution in [-0.2, 0) is 14.9 Å². The van der Waals surface area contributed by atoms with E-state index in [1.807, 2.05) is 41.5 Å². The maximum atomic E-state index is 12.6. The third-order valence-electron chi connectivity index (χ3n) is 6.83. The number of aryl methyl sites for hydroxylation is 1. The zero-order valence-corrected chi connectivity index (χ0v) is 19.7. The van der Waals surface area contributed by atoms with Crippen molar-refractivity contribution in [3.05, 3.63) is 33.8 Å². The number of fused-ring (bicyclic) bond motifs is 2. The number of rotatable bonds is 2. The average Bonchev–Trinajstić information content (AvgIpc) is 2.94. The van der Waals surface area contributed by atoms with Crippen molar-refractivity contribution in [1.29, 1.82) is 0 Å². The number of nitrogens with two attached hydrogens (primary N) is 1. The molecule has 30 heavy (non-hydrogen) atoms. The Morgan fingerprint density at radius 2 is 1.80 bits per heavy atom. The molecule has 1 aliphatic heterocycles. The number of hydrogen-bond donors (Lipinski definition) is 2. The second-order valence-electron chi connectivity index (χ2n) is 10.4. The van der Waals surface area contributed by atoms with E-state index in [1.165, 1.54) is 11.1 Å². The zero-order chi connectivity index (χ0) is 22.5. The van der Waals surface area contributed by atoms with Gasteiger partial charge >= 0.3 is 6.09 Å². The van der Waals surface area contributed by atoms with Gasteiger partial charge in [0.25, 0.3) is 0 Å². The van der Waals surface area contributed by atoms with Gasteiger partial charge < -0.3 is 9.64 Å². The Morgan fingerprint density at radius 1 is 1.20 bits per heavy atom. The second kappa shape index (κ2) is 7.72. The first-order valence-electron chi connectivity index (χ1n) is 10.6. The minimum Gasteiger partial charge on any atom is -0.444 e. The molecule has 1 fully saturated rings. The Balaban J connectivity index is 1.92. The summed E-state index contributed by atoms with van der Waals surface area (Å²) >= 11 is 6.51. The van der Waals surface area contributed by atoms with Gasteiger partial charge in [-0.15, -0.1) is 0 Å². The molecular weight excluding hydrogens is 402 g/mol. The molecule has 0 unspecified atom stereocenters. The molecule has 3 N–H and O–H groups in total. The number of halogens is 1. The van der Waals surface area contributed by atoms with Crippen molar-refractivity contribution < 1.29 is 14.3 Å². The van der Waals surface area contributed by atoms with Gasteiger partial charge in [-0.05, 0) is 81.0 Å². The topological polar surface area (TPSA) is 84.7 Å². The summed E-state index contributed by atoms with van der Waals surface area (Å²) in [5.41, 5.74) is 4.46. The van der Waals surface area contributed by atoms with Crippen molar-refractivity contribution in [2.45, 2.75) is 77.7 Å². The van der Waals surface area contributed by atoms with Crippen LogP contribution < -0.4 is 11.3 Å². The van der Waals surface area contributed by atoms with Gasteiger partial charge in [0, 0.05) is 18.1 Å². The number of amides is 2. The van der Waals surface area contributed by atoms with Crippen molar-refractivity contribution in [2.24, 2.45) is 11.3 Å². The van der Waals surface area contributed by atoms with E-state index in [4.69, 9.17) is 22.2 Å². The van der Waals surface area contributed by atoms with Crippen LogP contribution >= 0.6 is 11.6 Å². The van der Waals surface area contributed by atoms with Crippen molar-refractivity contribution in [3.8, 4) is 0 Å². The summed E-state index contributed by atoms with van der Waals surface area (Å²) in [4.78, 5) is 26.9. The first-order chi connectivity index (χ1) is 13.8. The smallest absolute Gasteiger partial charge is 0.410 e. The van der Waals surface area contributed by atoms with Crippen LogP contribution in [0.2, 0.25) is 5.02 Å². The number of ether oxygens (including phenoxy) is 1. The third-order valence-corrected chi connectivity index (χ3v) is 7.24. The molecule has 2 amide bonds. The Kier molecular flexibility index (Phi) is 5.89. The van der Waals surface area contributed by atoms with E-state index >= 15 is 0 Å². The van der Waals surface area contributed by atoms with Crippen LogP contribution in [0.5, 0.6) is 0 Å². The molecule has 7 heteroatoms. The molecule has 2 aliphatic rings. The zero-order valence-electron chi connectivity index (χ0n) is 18.9. The van der Waals surface area contributed by atoms with Crippen LogP contribution in [0.15, 0.2) is 12.1 Å². The lowest BCUT2D eigenvalue weighted by Gasteiger charge is -2.41. The molecule has 166 valence electrons. The molecule has 1 aromatic carbocycles. The summed E-state index contributed by atoms with van der Waals surface area (Å²) in [6, 6.07) is 4.20. The average molecular weight is 436 g/mol. The first kappa shape index (κ1) is 22.9. The van der Waals surface area contributed by atoms with Gasteiger partial charge in [-0.3, -0.25) is 10.2 Å². The number of hydrogen-bond acceptors (Lipinski definition) is 4. The van der Waals surface area contributed by atoms with Crippen molar-refractivity contribution >= 4 is 23.6 Å². The highest BCUT2D eigenvalue weighted by Gasteiger charge is 2.52. The molecule has 6 nitrogen and oxygen atoms in total. The maximum absolute atomic E-state index is 12.6. The molecule has 1 saturated heterocycles. The number of likely N-dealkylation sites (tertiary alicyclic amines) is 1. The molecule has 1 aromatic rings. The van der Waals surface area contributed by atoms with E-state index in [2.05, 4.69) is 17.6 Å². The van der Waals surface area contributed by atoms with Gasteiger partial charge in [-0.1, -0.05) is 31.5 Å². The van der Waals surface area contributed by atoms with Gasteiger partial charge in [-0.25, -0.2) is 10.6 Å². The summed E-state index contributed by atoms with van der Waals surface area (Å²) in [6.45, 7) is 12.8. The minimum atomic E-state index is -0.657. The predicted octanol–water partition coefficient (Wildman–Crippen LogP) is 4.42. The number of benzene rings is 1. The molecule has 1 aliphatic carbocycles. The molecule has 0 bridgehead atoms. The fourth-order valence-electron chi connectivity index (χ4n) is 4.97. The fraction of sp³-hybridized carbons (Fsp3) is 0.652. The first-order valence-corrected chi connectivity index (χ1v) is 11.0. The summed E-state index contributed by atoms with van der Waals surface area (Å²) in [7, 11) is 0. The highest BCUT2D eigenvalue weighted by Crippen LogP contribution is 2.57. The summed E-state index contributed by atoms with van der Waals surface area (Å²) in [6.07, 6.45) is 2.20. The molecule has 3 rings (SSSR count). The second-order valence-corrected chi connectivity index (χ2v) is 10.8. The van der Waals surface area contributed by atoms with E-state index in [-0.39, 0.29) is 23.3 Å². The molecule has 0 saturated carbocycles. The van der Waals surface area contributed by atoms with Crippen molar-refractivity contribution in [1.82, 2.24) is 10.3 Å². The minimum absolute atomic E-state index is 0.0279. The standard InChI is InChI=1S/C23H34ClN3O3/c1-14-11-15-16(12-18(14)24)23(13-17(15)22(5,6)19(28)26-25)7-9-27(10-8-23)20(29)30-21(2,3)4/h11-12,17H,7-10,13,25H2,1-6H3,(H,26,28)/t17-/m0/s1. The van der Waals surface area contributed by atoms with Crippen LogP contribution in [0.1, 0.15) is 76.5 Å². The number of piperidine rings is 1. The van der Waals surface area contributed by atoms with Gasteiger partial charge in [0.15, 0.2) is 0 Å². The van der Waals surface area contributed by atoms with Crippen molar-refractivity contribution in [2.75, 3.05) is 13.1 Å². The SMILES string of the molecule is Cc1cc2c(cc1Cl)C1(CCN(C(=O)OC(C)(C)C)CC1)C[C@@H]2C(C)(C)C(=O)NN. The van der Waals surface area contributed by atoms with Crippen molar-refractivity contribution in [3.63, 3.8) is 0 Å². The third kappa shape index (κ3) is 4.04. The number of nitrogens with zero attached hydrogens (tertiary/aromatic N) is 1. The summed E-state index contributed by atoms with van der Waals surface area (Å²) in [5, 5.41) is 0.740. The van der Waals surface area contributed by atoms with Gasteiger partial charge in [0.2, 0.25) is 5.91 Å². The summed E-state index contributed by atoms with van der Waals surface area (Å²) < 4.78 is 5.55. The van der Waals surface area contributed by atoms with Crippen LogP contribution in [0, 0.1) is 12.3 Å². The molecule has 1 atom stereocenters. The Bertz CT molecular complexity index is 852. The van der Waals surface area contributed by atoms with Crippen LogP contribution in [0.25, 0.3) is 0 Å². The van der Waals surface area contributed by atoms with E-state index in [1.54, 1.807) is 4.90 Å². The van der Waals surface area contributed by atoms with Crippen LogP contribution in [0.3, 0.4) is 0 Å². The van der Waals surface area contributed by atoms with Crippen LogP contribution in [-0.4, -0.2) is 35.6 Å². The lowest BCUT2D eigenvalue weighted by molar-refractivity contribution is -0.130. The quantitative estimate of drug-likeness (QED) is 0.409. The molecule has 0 aromatic heterocycles. The number of hydrazine groups is 1. The fourth-order valence-corrected chi connectivity index (χ4v) is 5.13. The van der Waals surface area contributed by atoms with Gasteiger partial charge in [0.05, 0.1) is 5.41 Å². The molecular formula is C23H34ClN3O3. The molecule has 0 radical (unpaired) electrons. The Hall–Kier alpha value is -1.79. The van der Waals surface area contributed by atoms with Gasteiger partial charge in [-0.2, -0.15) is 0 Å². The van der Waals surface area contributed by atoms with Gasteiger partial charge in [0.1, 0.15) is 5.60 Å². The highest BCUT2D eigenvalue weighted by atomic mass is 35.5. The largest absolute Gasteiger partial charge is 0.444 e. The van der Waals surface area contributed by atoms with Crippen LogP contribution in [0.4, 0.5) is 4.79 Å². The predicted molar refractivity (Wildman–Crippen MR) is 118 cm³/mol. The Labute approximate surface area is 184 Å². The van der Waals surface area contributed by atoms with E-state index < -0.39 is 11.0 Å². The molecule has 1 spiro atoms. The van der Waals surface area contributed by atoms with E-state index in [9.17, 15) is 9.59 Å². The maximum Gasteiger partial charge on any atom is 0.410 e. The Morgan fingerprint density at radius 3 is 2.33 bits per heavy atom. The lowest BCUT2D eigenvalue weighted by atomic mass is 9.70. The normalized spacial score (nSPS) is 20.8. The number of carbonyl (C=O) groups excluding carboxylic acids is 2. The highest BCUT2D eigenvalue weighted by molar-refractivity contribution is 6.31. The lowest BCUT2D eigenvalue weighted by Crippen LogP contribution is -2.47. The van der Waals surface area contributed by atoms with E-state index in [0.717, 1.165) is 29.8 Å². The summed E-state index contributed by atoms with van der Waals surface area (Å²) in [5.74, 6) is 5.35. The molecule has 1 heterocycles. The monoisotopic (exact) mass is 435 g/mol. The van der Waals surface area contributed by atoms with E-state index in [0.29, 0.717) is 13.1 Å². The number of carbonyl (C=O) groups is 2.